The van der Waals surface area contributed by atoms with Gasteiger partial charge in [0.1, 0.15) is 0 Å². The maximum absolute atomic E-state index is 11.9. The lowest BCUT2D eigenvalue weighted by Crippen LogP contribution is -2.46. The fraction of sp³-hybridized carbons (Fsp3) is 0.588. The highest BCUT2D eigenvalue weighted by Crippen LogP contribution is 2.32. The number of hydrogen-bond donors (Lipinski definition) is 2. The van der Waals surface area contributed by atoms with E-state index in [-0.39, 0.29) is 0 Å². The number of hydrogen-bond acceptors (Lipinski definition) is 4. The maximum Gasteiger partial charge on any atom is 0.336 e. The van der Waals surface area contributed by atoms with Gasteiger partial charge < -0.3 is 14.7 Å². The fourth-order valence-electron chi connectivity index (χ4n) is 5.14. The molecule has 1 atom stereocenters. The van der Waals surface area contributed by atoms with Crippen molar-refractivity contribution < 1.29 is 24.3 Å². The first-order valence-electron chi connectivity index (χ1n) is 15.5. The molecular formula is C34H52NO4S2+. The van der Waals surface area contributed by atoms with Crippen LogP contribution in [0.4, 0.5) is 0 Å². The van der Waals surface area contributed by atoms with E-state index in [4.69, 9.17) is 0 Å². The predicted molar refractivity (Wildman–Crippen MR) is 175 cm³/mol. The standard InChI is InChI=1S/C34H51NO4S2/c1-4-5-6-7-8-9-10-11-12-13-14-15-20-28(41-32-24-19-17-22-30(32)34(38)39)27-35(2,3)25-26-40-31-23-18-16-21-29(31)33(36)37/h16-19,21-24,28H,4-15,20,25-27H2,1-3H3,(H-,36,37,38,39)/p+1. The molecule has 2 aromatic rings. The van der Waals surface area contributed by atoms with Gasteiger partial charge in [-0.05, 0) is 30.7 Å². The molecule has 2 N–H and O–H groups in total. The van der Waals surface area contributed by atoms with Crippen LogP contribution in [0.3, 0.4) is 0 Å². The van der Waals surface area contributed by atoms with Gasteiger partial charge in [-0.15, -0.1) is 23.5 Å². The highest BCUT2D eigenvalue weighted by atomic mass is 32.2. The average molecular weight is 603 g/mol. The minimum absolute atomic E-state index is 0.310. The third kappa shape index (κ3) is 14.7. The van der Waals surface area contributed by atoms with Crippen molar-refractivity contribution >= 4 is 35.5 Å². The Labute approximate surface area is 257 Å². The van der Waals surface area contributed by atoms with E-state index in [1.165, 1.54) is 70.6 Å². The number of aromatic carboxylic acids is 2. The Kier molecular flexibility index (Phi) is 17.2. The van der Waals surface area contributed by atoms with Crippen LogP contribution in [-0.2, 0) is 0 Å². The lowest BCUT2D eigenvalue weighted by Gasteiger charge is -2.33. The van der Waals surface area contributed by atoms with Gasteiger partial charge in [0.2, 0.25) is 0 Å². The summed E-state index contributed by atoms with van der Waals surface area (Å²) in [7, 11) is 4.45. The molecule has 0 bridgehead atoms. The smallest absolute Gasteiger partial charge is 0.336 e. The van der Waals surface area contributed by atoms with E-state index in [0.29, 0.717) is 16.4 Å². The molecule has 0 saturated carbocycles. The number of quaternary nitrogens is 1. The normalized spacial score (nSPS) is 12.4. The molecule has 0 fully saturated rings. The molecule has 0 aromatic heterocycles. The summed E-state index contributed by atoms with van der Waals surface area (Å²) in [4.78, 5) is 25.1. The van der Waals surface area contributed by atoms with Crippen LogP contribution in [0.5, 0.6) is 0 Å². The molecule has 0 radical (unpaired) electrons. The number of carboxylic acids is 2. The quantitative estimate of drug-likeness (QED) is 0.0750. The zero-order valence-corrected chi connectivity index (χ0v) is 27.1. The van der Waals surface area contributed by atoms with E-state index < -0.39 is 11.9 Å². The second-order valence-electron chi connectivity index (χ2n) is 11.7. The van der Waals surface area contributed by atoms with Crippen molar-refractivity contribution in [2.45, 2.75) is 105 Å². The molecule has 2 aromatic carbocycles. The van der Waals surface area contributed by atoms with Gasteiger partial charge in [0.05, 0.1) is 43.6 Å². The minimum Gasteiger partial charge on any atom is -0.478 e. The highest BCUT2D eigenvalue weighted by Gasteiger charge is 2.25. The summed E-state index contributed by atoms with van der Waals surface area (Å²) in [6.07, 6.45) is 16.9. The van der Waals surface area contributed by atoms with Crippen molar-refractivity contribution in [1.82, 2.24) is 0 Å². The fourth-order valence-corrected chi connectivity index (χ4v) is 7.99. The lowest BCUT2D eigenvalue weighted by molar-refractivity contribution is -0.887. The third-order valence-corrected chi connectivity index (χ3v) is 9.94. The summed E-state index contributed by atoms with van der Waals surface area (Å²) in [6, 6.07) is 14.5. The monoisotopic (exact) mass is 602 g/mol. The van der Waals surface area contributed by atoms with Gasteiger partial charge in [0.15, 0.2) is 0 Å². The number of unbranched alkanes of at least 4 members (excludes halogenated alkanes) is 11. The molecule has 41 heavy (non-hydrogen) atoms. The number of carboxylic acid groups (broad SMARTS) is 2. The zero-order valence-electron chi connectivity index (χ0n) is 25.5. The zero-order chi connectivity index (χ0) is 29.9. The molecular weight excluding hydrogens is 551 g/mol. The van der Waals surface area contributed by atoms with Crippen LogP contribution < -0.4 is 0 Å². The number of rotatable bonds is 23. The number of nitrogens with zero attached hydrogens (tertiary/aromatic N) is 1. The van der Waals surface area contributed by atoms with E-state index in [2.05, 4.69) is 21.0 Å². The molecule has 0 aliphatic rings. The molecule has 1 unspecified atom stereocenters. The first-order chi connectivity index (χ1) is 19.7. The number of benzene rings is 2. The van der Waals surface area contributed by atoms with Crippen molar-refractivity contribution in [3.05, 3.63) is 59.7 Å². The molecule has 2 rings (SSSR count). The van der Waals surface area contributed by atoms with E-state index in [1.807, 2.05) is 24.3 Å². The summed E-state index contributed by atoms with van der Waals surface area (Å²) in [5.74, 6) is -0.948. The second kappa shape index (κ2) is 20.0. The topological polar surface area (TPSA) is 74.6 Å². The SMILES string of the molecule is CCCCCCCCCCCCCCC(C[N+](C)(C)CCSc1ccccc1C(=O)O)Sc1ccccc1C(=O)O. The Balaban J connectivity index is 1.87. The van der Waals surface area contributed by atoms with Crippen molar-refractivity contribution in [2.75, 3.05) is 32.9 Å². The van der Waals surface area contributed by atoms with Crippen molar-refractivity contribution in [3.63, 3.8) is 0 Å². The second-order valence-corrected chi connectivity index (χ2v) is 14.2. The molecule has 0 aliphatic carbocycles. The van der Waals surface area contributed by atoms with Crippen LogP contribution in [0.2, 0.25) is 0 Å². The van der Waals surface area contributed by atoms with Gasteiger partial charge in [-0.25, -0.2) is 9.59 Å². The van der Waals surface area contributed by atoms with E-state index in [9.17, 15) is 19.8 Å². The Bertz CT molecular complexity index is 1040. The number of carbonyl (C=O) groups is 2. The van der Waals surface area contributed by atoms with Gasteiger partial charge >= 0.3 is 11.9 Å². The highest BCUT2D eigenvalue weighted by molar-refractivity contribution is 8.00. The molecule has 0 amide bonds. The minimum atomic E-state index is -0.891. The molecule has 0 spiro atoms. The first kappa shape index (κ1) is 35.2. The summed E-state index contributed by atoms with van der Waals surface area (Å²) >= 11 is 3.30. The van der Waals surface area contributed by atoms with E-state index in [1.54, 1.807) is 47.8 Å². The Morgan fingerprint density at radius 1 is 0.707 bits per heavy atom. The average Bonchev–Trinajstić information content (AvgIpc) is 2.93. The summed E-state index contributed by atoms with van der Waals surface area (Å²) in [5.41, 5.74) is 0.733. The molecule has 5 nitrogen and oxygen atoms in total. The van der Waals surface area contributed by atoms with Crippen LogP contribution >= 0.6 is 23.5 Å². The van der Waals surface area contributed by atoms with Crippen molar-refractivity contribution in [3.8, 4) is 0 Å². The summed E-state index contributed by atoms with van der Waals surface area (Å²) in [6.45, 7) is 4.09. The first-order valence-corrected chi connectivity index (χ1v) is 17.4. The van der Waals surface area contributed by atoms with Gasteiger partial charge in [0, 0.05) is 15.5 Å². The van der Waals surface area contributed by atoms with Crippen LogP contribution in [0.1, 0.15) is 111 Å². The van der Waals surface area contributed by atoms with Crippen molar-refractivity contribution in [1.29, 1.82) is 0 Å². The molecule has 7 heteroatoms. The van der Waals surface area contributed by atoms with Crippen LogP contribution in [0.15, 0.2) is 58.3 Å². The third-order valence-electron chi connectivity index (χ3n) is 7.56. The summed E-state index contributed by atoms with van der Waals surface area (Å²) < 4.78 is 0.799. The van der Waals surface area contributed by atoms with Gasteiger partial charge in [0.25, 0.3) is 0 Å². The lowest BCUT2D eigenvalue weighted by atomic mass is 10.0. The van der Waals surface area contributed by atoms with Crippen LogP contribution in [-0.4, -0.2) is 64.8 Å². The predicted octanol–water partition coefficient (Wildman–Crippen LogP) is 9.50. The molecule has 0 saturated heterocycles. The summed E-state index contributed by atoms with van der Waals surface area (Å²) in [5, 5.41) is 19.5. The Morgan fingerprint density at radius 3 is 1.71 bits per heavy atom. The van der Waals surface area contributed by atoms with E-state index >= 15 is 0 Å². The van der Waals surface area contributed by atoms with Gasteiger partial charge in [-0.1, -0.05) is 108 Å². The van der Waals surface area contributed by atoms with E-state index in [0.717, 1.165) is 46.0 Å². The molecule has 228 valence electrons. The Hall–Kier alpha value is -1.96. The molecule has 0 aliphatic heterocycles. The maximum atomic E-state index is 11.9. The largest absolute Gasteiger partial charge is 0.478 e. The molecule has 0 heterocycles. The van der Waals surface area contributed by atoms with Gasteiger partial charge in [-0.3, -0.25) is 0 Å². The number of thioether (sulfide) groups is 2. The van der Waals surface area contributed by atoms with Crippen molar-refractivity contribution in [2.24, 2.45) is 0 Å². The van der Waals surface area contributed by atoms with Crippen LogP contribution in [0, 0.1) is 0 Å². The van der Waals surface area contributed by atoms with Crippen LogP contribution in [0.25, 0.3) is 0 Å². The Morgan fingerprint density at radius 2 is 1.17 bits per heavy atom. The van der Waals surface area contributed by atoms with Gasteiger partial charge in [-0.2, -0.15) is 0 Å².